The van der Waals surface area contributed by atoms with Crippen molar-refractivity contribution in [1.82, 2.24) is 9.88 Å². The maximum atomic E-state index is 16.2. The van der Waals surface area contributed by atoms with Crippen molar-refractivity contribution >= 4 is 39.2 Å². The highest BCUT2D eigenvalue weighted by Crippen LogP contribution is 2.45. The number of carbonyl (C=O) groups excluding carboxylic acids is 1. The maximum absolute atomic E-state index is 16.2. The molecule has 2 atom stereocenters. The lowest BCUT2D eigenvalue weighted by molar-refractivity contribution is 0.0108. The number of hydrogen-bond donors (Lipinski definition) is 0. The molecule has 2 aliphatic heterocycles. The maximum Gasteiger partial charge on any atom is 0.410 e. The van der Waals surface area contributed by atoms with Gasteiger partial charge >= 0.3 is 6.09 Å². The number of rotatable bonds is 9. The Morgan fingerprint density at radius 1 is 1.10 bits per heavy atom. The summed E-state index contributed by atoms with van der Waals surface area (Å²) in [4.78, 5) is 18.8. The van der Waals surface area contributed by atoms with Crippen molar-refractivity contribution in [3.8, 4) is 11.5 Å². The Morgan fingerprint density at radius 2 is 1.84 bits per heavy atom. The highest BCUT2D eigenvalue weighted by molar-refractivity contribution is 7.92. The van der Waals surface area contributed by atoms with E-state index in [4.69, 9.17) is 25.8 Å². The second-order valence-corrected chi connectivity index (χ2v) is 15.7. The summed E-state index contributed by atoms with van der Waals surface area (Å²) in [5, 5.41) is -0.589. The van der Waals surface area contributed by atoms with E-state index in [0.29, 0.717) is 36.1 Å². The fraction of sp³-hybridized carbons (Fsp3) is 0.471. The van der Waals surface area contributed by atoms with Crippen LogP contribution in [0.5, 0.6) is 11.5 Å². The fourth-order valence-corrected chi connectivity index (χ4v) is 8.43. The molecule has 3 aromatic rings. The van der Waals surface area contributed by atoms with Crippen LogP contribution in [0.25, 0.3) is 0 Å². The van der Waals surface area contributed by atoms with Crippen molar-refractivity contribution in [3.63, 3.8) is 0 Å². The third-order valence-corrected chi connectivity index (χ3v) is 11.1. The Hall–Kier alpha value is -3.91. The Bertz CT molecular complexity index is 1840. The molecule has 0 aliphatic carbocycles. The number of ether oxygens (including phenoxy) is 3. The average molecular weight is 725 g/mol. The number of likely N-dealkylation sites (tertiary alicyclic amines) is 1. The molecule has 2 saturated heterocycles. The summed E-state index contributed by atoms with van der Waals surface area (Å²) >= 11 is 6.52. The smallest absolute Gasteiger partial charge is 0.410 e. The van der Waals surface area contributed by atoms with Gasteiger partial charge in [0.2, 0.25) is 5.95 Å². The lowest BCUT2D eigenvalue weighted by atomic mass is 9.80. The molecule has 266 valence electrons. The van der Waals surface area contributed by atoms with Gasteiger partial charge < -0.3 is 24.0 Å². The van der Waals surface area contributed by atoms with Crippen molar-refractivity contribution in [2.75, 3.05) is 43.1 Å². The van der Waals surface area contributed by atoms with Gasteiger partial charge in [-0.15, -0.1) is 0 Å². The van der Waals surface area contributed by atoms with Crippen molar-refractivity contribution in [3.05, 3.63) is 70.6 Å². The number of carbonyl (C=O) groups is 1. The second-order valence-electron chi connectivity index (χ2n) is 13.5. The molecule has 0 unspecified atom stereocenters. The van der Waals surface area contributed by atoms with E-state index in [0.717, 1.165) is 25.0 Å². The summed E-state index contributed by atoms with van der Waals surface area (Å²) in [6, 6.07) is 8.74. The van der Waals surface area contributed by atoms with Crippen LogP contribution in [0.4, 0.5) is 29.5 Å². The molecule has 15 heteroatoms. The van der Waals surface area contributed by atoms with Gasteiger partial charge in [0, 0.05) is 48.8 Å². The minimum atomic E-state index is -5.10. The number of hydrogen-bond acceptors (Lipinski definition) is 8. The van der Waals surface area contributed by atoms with Gasteiger partial charge in [0.25, 0.3) is 10.0 Å². The SMILES string of the molecule is COc1ccc(CN(c2cccc(F)n2)S(=O)(=O)c2c(F)cc(N3CC[C@@](C)([C@@H]4CCCN4C(=O)OC(C)(C)C)C3)c(Cl)c2F)c(OC)c1. The minimum Gasteiger partial charge on any atom is -0.497 e. The number of anilines is 2. The molecule has 0 saturated carbocycles. The predicted octanol–water partition coefficient (Wildman–Crippen LogP) is 7.18. The van der Waals surface area contributed by atoms with Crippen LogP contribution in [0.3, 0.4) is 0 Å². The fourth-order valence-electron chi connectivity index (χ4n) is 6.60. The van der Waals surface area contributed by atoms with E-state index < -0.39 is 67.0 Å². The molecule has 0 spiro atoms. The minimum absolute atomic E-state index is 0.0200. The van der Waals surface area contributed by atoms with Gasteiger partial charge in [-0.05, 0) is 64.3 Å². The second kappa shape index (κ2) is 13.8. The van der Waals surface area contributed by atoms with E-state index in [-0.39, 0.29) is 23.0 Å². The summed E-state index contributed by atoms with van der Waals surface area (Å²) < 4.78 is 91.8. The van der Waals surface area contributed by atoms with E-state index in [9.17, 15) is 17.6 Å². The van der Waals surface area contributed by atoms with E-state index in [1.165, 1.54) is 38.5 Å². The molecule has 5 rings (SSSR count). The number of sulfonamides is 1. The lowest BCUT2D eigenvalue weighted by Crippen LogP contribution is -2.48. The molecule has 1 aromatic heterocycles. The zero-order valence-corrected chi connectivity index (χ0v) is 29.8. The van der Waals surface area contributed by atoms with Gasteiger partial charge in [0.1, 0.15) is 33.8 Å². The number of aromatic nitrogens is 1. The summed E-state index contributed by atoms with van der Waals surface area (Å²) in [6.45, 7) is 8.08. The van der Waals surface area contributed by atoms with Crippen LogP contribution in [0.1, 0.15) is 52.5 Å². The van der Waals surface area contributed by atoms with Gasteiger partial charge in [-0.3, -0.25) is 0 Å². The molecule has 2 aliphatic rings. The lowest BCUT2D eigenvalue weighted by Gasteiger charge is -2.38. The van der Waals surface area contributed by atoms with Crippen LogP contribution in [0.2, 0.25) is 5.02 Å². The van der Waals surface area contributed by atoms with Crippen molar-refractivity contribution in [2.24, 2.45) is 5.41 Å². The highest BCUT2D eigenvalue weighted by Gasteiger charge is 2.48. The molecule has 0 radical (unpaired) electrons. The monoisotopic (exact) mass is 724 g/mol. The zero-order chi connectivity index (χ0) is 35.9. The van der Waals surface area contributed by atoms with Crippen LogP contribution in [0.15, 0.2) is 47.4 Å². The van der Waals surface area contributed by atoms with E-state index in [2.05, 4.69) is 4.98 Å². The van der Waals surface area contributed by atoms with E-state index in [1.807, 2.05) is 6.92 Å². The molecule has 0 N–H and O–H groups in total. The van der Waals surface area contributed by atoms with Gasteiger partial charge in [-0.1, -0.05) is 24.6 Å². The molecular formula is C34H40ClF3N4O6S. The van der Waals surface area contributed by atoms with Crippen LogP contribution in [0, 0.1) is 23.0 Å². The number of amides is 1. The molecule has 10 nitrogen and oxygen atoms in total. The zero-order valence-electron chi connectivity index (χ0n) is 28.2. The first kappa shape index (κ1) is 36.4. The van der Waals surface area contributed by atoms with Crippen LogP contribution >= 0.6 is 11.6 Å². The van der Waals surface area contributed by atoms with E-state index in [1.54, 1.807) is 36.6 Å². The van der Waals surface area contributed by atoms with Crippen molar-refractivity contribution in [2.45, 2.75) is 70.0 Å². The average Bonchev–Trinajstić information content (AvgIpc) is 3.69. The van der Waals surface area contributed by atoms with Crippen LogP contribution in [-0.2, 0) is 21.3 Å². The highest BCUT2D eigenvalue weighted by atomic mass is 35.5. The quantitative estimate of drug-likeness (QED) is 0.169. The Kier molecular flexibility index (Phi) is 10.2. The van der Waals surface area contributed by atoms with E-state index >= 15 is 8.78 Å². The molecular weight excluding hydrogens is 685 g/mol. The standard InChI is InChI=1S/C34H40ClF3N4O6S/c1-33(2,3)48-32(43)41-15-8-9-26(41)34(4)14-16-40(20-34)24-18-23(36)31(30(38)29(24)35)49(44,45)42(28-11-7-10-27(37)39-28)19-21-12-13-22(46-5)17-25(21)47-6/h7,10-13,17-18,26H,8-9,14-16,19-20H2,1-6H3/t26-,34+/m0/s1. The van der Waals surface area contributed by atoms with Crippen molar-refractivity contribution < 1.29 is 40.6 Å². The normalized spacial score (nSPS) is 19.7. The first-order valence-electron chi connectivity index (χ1n) is 15.8. The van der Waals surface area contributed by atoms with Crippen LogP contribution in [-0.4, -0.2) is 69.9 Å². The Morgan fingerprint density at radius 3 is 2.49 bits per heavy atom. The Labute approximate surface area is 289 Å². The van der Waals surface area contributed by atoms with Gasteiger partial charge in [-0.25, -0.2) is 31.3 Å². The first-order chi connectivity index (χ1) is 23.0. The summed E-state index contributed by atoms with van der Waals surface area (Å²) in [5.74, 6) is -3.66. The number of halogens is 4. The summed E-state index contributed by atoms with van der Waals surface area (Å²) in [6.07, 6.45) is 1.69. The van der Waals surface area contributed by atoms with Crippen molar-refractivity contribution in [1.29, 1.82) is 0 Å². The molecule has 2 aromatic carbocycles. The summed E-state index contributed by atoms with van der Waals surface area (Å²) in [5.41, 5.74) is -0.872. The number of benzene rings is 2. The number of methoxy groups -OCH3 is 2. The third-order valence-electron chi connectivity index (χ3n) is 8.94. The third kappa shape index (κ3) is 7.35. The molecule has 0 bridgehead atoms. The number of pyridine rings is 1. The Balaban J connectivity index is 1.49. The molecule has 3 heterocycles. The van der Waals surface area contributed by atoms with Crippen LogP contribution < -0.4 is 18.7 Å². The topological polar surface area (TPSA) is 102 Å². The predicted molar refractivity (Wildman–Crippen MR) is 179 cm³/mol. The number of nitrogens with zero attached hydrogens (tertiary/aromatic N) is 4. The summed E-state index contributed by atoms with van der Waals surface area (Å²) in [7, 11) is -2.29. The molecule has 49 heavy (non-hydrogen) atoms. The van der Waals surface area contributed by atoms with Gasteiger partial charge in [0.15, 0.2) is 10.7 Å². The van der Waals surface area contributed by atoms with Gasteiger partial charge in [0.05, 0.1) is 26.5 Å². The largest absolute Gasteiger partial charge is 0.497 e. The molecule has 2 fully saturated rings. The molecule has 1 amide bonds. The van der Waals surface area contributed by atoms with Gasteiger partial charge in [-0.2, -0.15) is 4.39 Å². The first-order valence-corrected chi connectivity index (χ1v) is 17.6.